The summed E-state index contributed by atoms with van der Waals surface area (Å²) >= 11 is 1.54. The Bertz CT molecular complexity index is 409. The SMILES string of the molecule is CC(CO)C(=O)N[C@@H](CSCC(C)(C)C)C(=O)NCCC(=O)O. The molecule has 0 radical (unpaired) electrons. The Kier molecular flexibility index (Phi) is 9.90. The largest absolute Gasteiger partial charge is 0.481 e. The molecule has 2 atom stereocenters. The number of carbonyl (C=O) groups excluding carboxylic acids is 2. The van der Waals surface area contributed by atoms with Crippen molar-refractivity contribution in [2.75, 3.05) is 24.7 Å². The Morgan fingerprint density at radius 2 is 1.78 bits per heavy atom. The molecule has 4 N–H and O–H groups in total. The Morgan fingerprint density at radius 1 is 1.17 bits per heavy atom. The van der Waals surface area contributed by atoms with Crippen LogP contribution in [-0.2, 0) is 14.4 Å². The van der Waals surface area contributed by atoms with Crippen molar-refractivity contribution in [3.8, 4) is 0 Å². The molecule has 0 saturated carbocycles. The van der Waals surface area contributed by atoms with Gasteiger partial charge in [-0.3, -0.25) is 14.4 Å². The molecule has 0 rings (SSSR count). The van der Waals surface area contributed by atoms with Crippen molar-refractivity contribution in [3.05, 3.63) is 0 Å². The lowest BCUT2D eigenvalue weighted by Gasteiger charge is -2.22. The molecule has 7 nitrogen and oxygen atoms in total. The molecule has 0 aliphatic rings. The van der Waals surface area contributed by atoms with Gasteiger partial charge in [-0.25, -0.2) is 0 Å². The van der Waals surface area contributed by atoms with E-state index in [-0.39, 0.29) is 25.0 Å². The fraction of sp³-hybridized carbons (Fsp3) is 0.800. The third-order valence-corrected chi connectivity index (χ3v) is 4.45. The van der Waals surface area contributed by atoms with Gasteiger partial charge in [-0.1, -0.05) is 27.7 Å². The molecule has 2 amide bonds. The minimum Gasteiger partial charge on any atom is -0.481 e. The number of thioether (sulfide) groups is 1. The topological polar surface area (TPSA) is 116 Å². The maximum Gasteiger partial charge on any atom is 0.305 e. The van der Waals surface area contributed by atoms with Crippen LogP contribution in [0.25, 0.3) is 0 Å². The zero-order valence-corrected chi connectivity index (χ0v) is 15.0. The van der Waals surface area contributed by atoms with Gasteiger partial charge in [0.25, 0.3) is 0 Å². The summed E-state index contributed by atoms with van der Waals surface area (Å²) in [6.45, 7) is 7.52. The molecule has 0 fully saturated rings. The molecule has 0 bridgehead atoms. The number of carboxylic acids is 1. The van der Waals surface area contributed by atoms with Gasteiger partial charge in [-0.2, -0.15) is 11.8 Å². The van der Waals surface area contributed by atoms with Gasteiger partial charge >= 0.3 is 5.97 Å². The predicted molar refractivity (Wildman–Crippen MR) is 90.2 cm³/mol. The van der Waals surface area contributed by atoms with E-state index in [0.717, 1.165) is 5.75 Å². The highest BCUT2D eigenvalue weighted by atomic mass is 32.2. The summed E-state index contributed by atoms with van der Waals surface area (Å²) in [7, 11) is 0. The Balaban J connectivity index is 4.61. The lowest BCUT2D eigenvalue weighted by atomic mass is 10.0. The minimum absolute atomic E-state index is 0.0139. The number of carbonyl (C=O) groups is 3. The van der Waals surface area contributed by atoms with Gasteiger partial charge in [-0.05, 0) is 11.2 Å². The first-order chi connectivity index (χ1) is 10.6. The lowest BCUT2D eigenvalue weighted by Crippen LogP contribution is -2.50. The summed E-state index contributed by atoms with van der Waals surface area (Å²) in [5.74, 6) is -1.20. The van der Waals surface area contributed by atoms with Crippen molar-refractivity contribution in [2.45, 2.75) is 40.2 Å². The molecule has 0 heterocycles. The highest BCUT2D eigenvalue weighted by molar-refractivity contribution is 7.99. The highest BCUT2D eigenvalue weighted by Gasteiger charge is 2.24. The molecule has 0 spiro atoms. The van der Waals surface area contributed by atoms with E-state index in [1.807, 2.05) is 0 Å². The first-order valence-electron chi connectivity index (χ1n) is 7.55. The number of aliphatic hydroxyl groups is 1. The van der Waals surface area contributed by atoms with Crippen molar-refractivity contribution in [1.29, 1.82) is 0 Å². The second-order valence-corrected chi connectivity index (χ2v) is 7.69. The molecule has 0 saturated heterocycles. The number of rotatable bonds is 10. The number of hydrogen-bond donors (Lipinski definition) is 4. The molecule has 1 unspecified atom stereocenters. The average Bonchev–Trinajstić information content (AvgIpc) is 2.43. The van der Waals surface area contributed by atoms with E-state index in [0.29, 0.717) is 5.75 Å². The number of nitrogens with one attached hydrogen (secondary N) is 2. The summed E-state index contributed by atoms with van der Waals surface area (Å²) in [4.78, 5) is 34.5. The smallest absolute Gasteiger partial charge is 0.305 e. The molecule has 0 aromatic heterocycles. The van der Waals surface area contributed by atoms with E-state index >= 15 is 0 Å². The Hall–Kier alpha value is -1.28. The molecule has 0 aliphatic heterocycles. The van der Waals surface area contributed by atoms with Crippen molar-refractivity contribution < 1.29 is 24.6 Å². The summed E-state index contributed by atoms with van der Waals surface area (Å²) in [6, 6.07) is -0.752. The van der Waals surface area contributed by atoms with Crippen molar-refractivity contribution in [3.63, 3.8) is 0 Å². The van der Waals surface area contributed by atoms with Gasteiger partial charge < -0.3 is 20.8 Å². The van der Waals surface area contributed by atoms with Crippen molar-refractivity contribution in [2.24, 2.45) is 11.3 Å². The number of aliphatic carboxylic acids is 1. The summed E-state index contributed by atoms with van der Waals surface area (Å²) in [5.41, 5.74) is 0.0946. The Labute approximate surface area is 141 Å². The van der Waals surface area contributed by atoms with Gasteiger partial charge in [0, 0.05) is 12.3 Å². The van der Waals surface area contributed by atoms with Crippen LogP contribution < -0.4 is 10.6 Å². The maximum atomic E-state index is 12.1. The summed E-state index contributed by atoms with van der Waals surface area (Å²) in [6.07, 6.45) is -0.172. The van der Waals surface area contributed by atoms with Crippen LogP contribution in [0.3, 0.4) is 0 Å². The second-order valence-electron chi connectivity index (χ2n) is 6.66. The molecule has 134 valence electrons. The van der Waals surface area contributed by atoms with Gasteiger partial charge in [0.2, 0.25) is 11.8 Å². The van der Waals surface area contributed by atoms with Crippen LogP contribution in [0.4, 0.5) is 0 Å². The third-order valence-electron chi connectivity index (χ3n) is 2.81. The van der Waals surface area contributed by atoms with E-state index in [9.17, 15) is 14.4 Å². The molecular formula is C15H28N2O5S. The van der Waals surface area contributed by atoms with Crippen molar-refractivity contribution >= 4 is 29.5 Å². The molecular weight excluding hydrogens is 320 g/mol. The first-order valence-corrected chi connectivity index (χ1v) is 8.70. The summed E-state index contributed by atoms with van der Waals surface area (Å²) in [5, 5.41) is 22.7. The predicted octanol–water partition coefficient (Wildman–Crippen LogP) is 0.470. The number of amides is 2. The zero-order valence-electron chi connectivity index (χ0n) is 14.2. The summed E-state index contributed by atoms with van der Waals surface area (Å²) < 4.78 is 0. The highest BCUT2D eigenvalue weighted by Crippen LogP contribution is 2.20. The van der Waals surface area contributed by atoms with Crippen LogP contribution in [0.5, 0.6) is 0 Å². The zero-order chi connectivity index (χ0) is 18.0. The normalized spacial score (nSPS) is 14.0. The van der Waals surface area contributed by atoms with Crippen LogP contribution in [0.1, 0.15) is 34.1 Å². The van der Waals surface area contributed by atoms with Gasteiger partial charge in [0.1, 0.15) is 6.04 Å². The minimum atomic E-state index is -0.998. The van der Waals surface area contributed by atoms with Gasteiger partial charge in [-0.15, -0.1) is 0 Å². The number of hydrogen-bond acceptors (Lipinski definition) is 5. The van der Waals surface area contributed by atoms with Gasteiger partial charge in [0.15, 0.2) is 0 Å². The second kappa shape index (κ2) is 10.5. The molecule has 0 aromatic rings. The number of carboxylic acid groups (broad SMARTS) is 1. The lowest BCUT2D eigenvalue weighted by molar-refractivity contribution is -0.137. The van der Waals surface area contributed by atoms with Crippen LogP contribution in [0, 0.1) is 11.3 Å². The van der Waals surface area contributed by atoms with E-state index in [4.69, 9.17) is 10.2 Å². The Morgan fingerprint density at radius 3 is 2.26 bits per heavy atom. The third kappa shape index (κ3) is 11.0. The van der Waals surface area contributed by atoms with Crippen LogP contribution in [-0.4, -0.2) is 58.7 Å². The van der Waals surface area contributed by atoms with E-state index in [1.54, 1.807) is 18.7 Å². The quantitative estimate of drug-likeness (QED) is 0.456. The van der Waals surface area contributed by atoms with Crippen molar-refractivity contribution in [1.82, 2.24) is 10.6 Å². The fourth-order valence-electron chi connectivity index (χ4n) is 1.48. The molecule has 23 heavy (non-hydrogen) atoms. The maximum absolute atomic E-state index is 12.1. The molecule has 8 heteroatoms. The van der Waals surface area contributed by atoms with Crippen LogP contribution in [0.2, 0.25) is 0 Å². The van der Waals surface area contributed by atoms with E-state index in [1.165, 1.54) is 0 Å². The molecule has 0 aliphatic carbocycles. The van der Waals surface area contributed by atoms with E-state index in [2.05, 4.69) is 31.4 Å². The standard InChI is InChI=1S/C15H28N2O5S/c1-10(7-18)13(21)17-11(8-23-9-15(2,3)4)14(22)16-6-5-12(19)20/h10-11,18H,5-9H2,1-4H3,(H,16,22)(H,17,21)(H,19,20)/t10?,11-/m0/s1. The van der Waals surface area contributed by atoms with Crippen LogP contribution >= 0.6 is 11.8 Å². The molecule has 0 aromatic carbocycles. The average molecular weight is 348 g/mol. The fourth-order valence-corrected chi connectivity index (χ4v) is 2.68. The first kappa shape index (κ1) is 21.7. The van der Waals surface area contributed by atoms with E-state index < -0.39 is 29.7 Å². The monoisotopic (exact) mass is 348 g/mol. The van der Waals surface area contributed by atoms with Gasteiger partial charge in [0.05, 0.1) is 18.9 Å². The number of aliphatic hydroxyl groups excluding tert-OH is 1. The van der Waals surface area contributed by atoms with Crippen LogP contribution in [0.15, 0.2) is 0 Å².